The molecule has 0 aliphatic carbocycles. The van der Waals surface area contributed by atoms with Crippen molar-refractivity contribution in [2.45, 2.75) is 13.5 Å². The van der Waals surface area contributed by atoms with Crippen LogP contribution in [0.2, 0.25) is 0 Å². The van der Waals surface area contributed by atoms with Gasteiger partial charge in [-0.3, -0.25) is 4.79 Å². The monoisotopic (exact) mass is 328 g/mol. The second kappa shape index (κ2) is 7.75. The first kappa shape index (κ1) is 17.0. The van der Waals surface area contributed by atoms with Gasteiger partial charge in [0.05, 0.1) is 12.2 Å². The molecule has 0 saturated carbocycles. The van der Waals surface area contributed by atoms with E-state index >= 15 is 0 Å². The Morgan fingerprint density at radius 2 is 1.74 bits per heavy atom. The average molecular weight is 328 g/mol. The highest BCUT2D eigenvalue weighted by atomic mass is 19.3. The molecule has 126 valence electrons. The second-order valence-corrected chi connectivity index (χ2v) is 4.85. The summed E-state index contributed by atoms with van der Waals surface area (Å²) in [7, 11) is 0. The fourth-order valence-electron chi connectivity index (χ4n) is 2.32. The summed E-state index contributed by atoms with van der Waals surface area (Å²) in [5, 5.41) is 0. The van der Waals surface area contributed by atoms with Crippen LogP contribution >= 0.6 is 0 Å². The van der Waals surface area contributed by atoms with Gasteiger partial charge < -0.3 is 19.3 Å². The molecule has 0 spiro atoms. The molecule has 0 bridgehead atoms. The predicted molar refractivity (Wildman–Crippen MR) is 77.6 cm³/mol. The molecular weight excluding hydrogens is 310 g/mol. The van der Waals surface area contributed by atoms with Gasteiger partial charge in [0, 0.05) is 26.2 Å². The van der Waals surface area contributed by atoms with Gasteiger partial charge in [0.1, 0.15) is 5.75 Å². The first-order valence-corrected chi connectivity index (χ1v) is 7.27. The number of halogens is 2. The largest absolute Gasteiger partial charge is 0.450 e. The Balaban J connectivity index is 2.01. The van der Waals surface area contributed by atoms with Gasteiger partial charge >= 0.3 is 12.7 Å². The van der Waals surface area contributed by atoms with Gasteiger partial charge in [-0.15, -0.1) is 0 Å². The van der Waals surface area contributed by atoms with Gasteiger partial charge in [-0.05, 0) is 19.1 Å². The van der Waals surface area contributed by atoms with Gasteiger partial charge in [-0.2, -0.15) is 8.78 Å². The van der Waals surface area contributed by atoms with Crippen LogP contribution in [0.4, 0.5) is 13.6 Å². The van der Waals surface area contributed by atoms with Crippen molar-refractivity contribution in [3.63, 3.8) is 0 Å². The molecule has 1 fully saturated rings. The van der Waals surface area contributed by atoms with Crippen molar-refractivity contribution in [1.82, 2.24) is 9.80 Å². The molecule has 2 amide bonds. The summed E-state index contributed by atoms with van der Waals surface area (Å²) in [6.45, 7) is 0.296. The lowest BCUT2D eigenvalue weighted by Crippen LogP contribution is -2.50. The van der Waals surface area contributed by atoms with Crippen LogP contribution in [0.3, 0.4) is 0 Å². The number of carbonyl (C=O) groups is 2. The van der Waals surface area contributed by atoms with E-state index < -0.39 is 18.6 Å². The van der Waals surface area contributed by atoms with Gasteiger partial charge in [0.15, 0.2) is 0 Å². The van der Waals surface area contributed by atoms with Crippen LogP contribution in [-0.4, -0.2) is 61.2 Å². The van der Waals surface area contributed by atoms with Crippen molar-refractivity contribution in [2.24, 2.45) is 0 Å². The third-order valence-electron chi connectivity index (χ3n) is 3.43. The zero-order chi connectivity index (χ0) is 16.8. The van der Waals surface area contributed by atoms with Gasteiger partial charge in [0.2, 0.25) is 0 Å². The highest BCUT2D eigenvalue weighted by molar-refractivity contribution is 5.97. The lowest BCUT2D eigenvalue weighted by Gasteiger charge is -2.34. The first-order valence-electron chi connectivity index (χ1n) is 7.27. The average Bonchev–Trinajstić information content (AvgIpc) is 2.54. The summed E-state index contributed by atoms with van der Waals surface area (Å²) in [6.07, 6.45) is -0.416. The third-order valence-corrected chi connectivity index (χ3v) is 3.43. The van der Waals surface area contributed by atoms with E-state index in [2.05, 4.69) is 4.74 Å². The molecule has 1 aliphatic rings. The Hall–Kier alpha value is -2.38. The molecule has 23 heavy (non-hydrogen) atoms. The number of alkyl halides is 2. The predicted octanol–water partition coefficient (Wildman–Crippen LogP) is 2.20. The van der Waals surface area contributed by atoms with Crippen LogP contribution in [0.25, 0.3) is 0 Å². The highest BCUT2D eigenvalue weighted by Crippen LogP contribution is 2.22. The number of hydrogen-bond donors (Lipinski definition) is 0. The van der Waals surface area contributed by atoms with Crippen molar-refractivity contribution in [1.29, 1.82) is 0 Å². The molecule has 0 radical (unpaired) electrons. The fraction of sp³-hybridized carbons (Fsp3) is 0.467. The van der Waals surface area contributed by atoms with Crippen LogP contribution in [0, 0.1) is 0 Å². The summed E-state index contributed by atoms with van der Waals surface area (Å²) < 4.78 is 34.1. The minimum absolute atomic E-state index is 0.0809. The minimum atomic E-state index is -3.00. The Bertz CT molecular complexity index is 560. The maximum Gasteiger partial charge on any atom is 0.409 e. The van der Waals surface area contributed by atoms with E-state index in [1.165, 1.54) is 28.0 Å². The van der Waals surface area contributed by atoms with Crippen LogP contribution in [0.5, 0.6) is 5.75 Å². The van der Waals surface area contributed by atoms with E-state index in [1.54, 1.807) is 13.0 Å². The quantitative estimate of drug-likeness (QED) is 0.850. The van der Waals surface area contributed by atoms with Crippen LogP contribution in [0.1, 0.15) is 17.3 Å². The lowest BCUT2D eigenvalue weighted by molar-refractivity contribution is -0.0503. The zero-order valence-corrected chi connectivity index (χ0v) is 12.7. The summed E-state index contributed by atoms with van der Waals surface area (Å²) in [5.41, 5.74) is 0.0809. The van der Waals surface area contributed by atoms with Crippen molar-refractivity contribution in [3.05, 3.63) is 29.8 Å². The molecule has 1 aromatic carbocycles. The Morgan fingerprint density at radius 1 is 1.13 bits per heavy atom. The van der Waals surface area contributed by atoms with Crippen molar-refractivity contribution in [3.8, 4) is 5.75 Å². The molecule has 8 heteroatoms. The van der Waals surface area contributed by atoms with Crippen LogP contribution in [0.15, 0.2) is 24.3 Å². The van der Waals surface area contributed by atoms with Crippen molar-refractivity contribution in [2.75, 3.05) is 32.8 Å². The third kappa shape index (κ3) is 4.30. The number of piperazine rings is 1. The molecule has 0 unspecified atom stereocenters. The molecule has 1 aliphatic heterocycles. The van der Waals surface area contributed by atoms with E-state index in [4.69, 9.17) is 4.74 Å². The molecule has 1 heterocycles. The molecule has 1 aromatic rings. The van der Waals surface area contributed by atoms with Crippen LogP contribution < -0.4 is 4.74 Å². The summed E-state index contributed by atoms with van der Waals surface area (Å²) in [4.78, 5) is 27.1. The van der Waals surface area contributed by atoms with E-state index in [0.717, 1.165) is 0 Å². The molecule has 0 N–H and O–H groups in total. The molecule has 2 rings (SSSR count). The summed E-state index contributed by atoms with van der Waals surface area (Å²) >= 11 is 0. The van der Waals surface area contributed by atoms with E-state index in [-0.39, 0.29) is 17.9 Å². The second-order valence-electron chi connectivity index (χ2n) is 4.85. The summed E-state index contributed by atoms with van der Waals surface area (Å²) in [5.74, 6) is -0.551. The van der Waals surface area contributed by atoms with E-state index in [9.17, 15) is 18.4 Å². The Morgan fingerprint density at radius 3 is 2.35 bits per heavy atom. The Kier molecular flexibility index (Phi) is 5.72. The van der Waals surface area contributed by atoms with Crippen molar-refractivity contribution >= 4 is 12.0 Å². The summed E-state index contributed by atoms with van der Waals surface area (Å²) in [6, 6.07) is 5.87. The fourth-order valence-corrected chi connectivity index (χ4v) is 2.32. The number of amides is 2. The highest BCUT2D eigenvalue weighted by Gasteiger charge is 2.27. The molecule has 6 nitrogen and oxygen atoms in total. The van der Waals surface area contributed by atoms with Gasteiger partial charge in [0.25, 0.3) is 5.91 Å². The maximum absolute atomic E-state index is 12.5. The number of ether oxygens (including phenoxy) is 2. The topological polar surface area (TPSA) is 59.1 Å². The molecule has 0 atom stereocenters. The number of carbonyl (C=O) groups excluding carboxylic acids is 2. The Labute approximate surface area is 132 Å². The van der Waals surface area contributed by atoms with Gasteiger partial charge in [-0.25, -0.2) is 4.79 Å². The standard InChI is InChI=1S/C15H18F2N2O4/c1-2-22-15(21)19-9-7-18(8-10-19)13(20)11-5-3-4-6-12(11)23-14(16)17/h3-6,14H,2,7-10H2,1H3. The van der Waals surface area contributed by atoms with Crippen molar-refractivity contribution < 1.29 is 27.8 Å². The first-order chi connectivity index (χ1) is 11.0. The van der Waals surface area contributed by atoms with E-state index in [1.807, 2.05) is 0 Å². The lowest BCUT2D eigenvalue weighted by atomic mass is 10.1. The number of para-hydroxylation sites is 1. The van der Waals surface area contributed by atoms with E-state index in [0.29, 0.717) is 26.2 Å². The SMILES string of the molecule is CCOC(=O)N1CCN(C(=O)c2ccccc2OC(F)F)CC1. The molecule has 0 aromatic heterocycles. The number of rotatable bonds is 4. The normalized spacial score (nSPS) is 14.8. The number of benzene rings is 1. The number of hydrogen-bond acceptors (Lipinski definition) is 4. The van der Waals surface area contributed by atoms with Gasteiger partial charge in [-0.1, -0.05) is 12.1 Å². The molecule has 1 saturated heterocycles. The molecular formula is C15H18F2N2O4. The van der Waals surface area contributed by atoms with Crippen LogP contribution in [-0.2, 0) is 4.74 Å². The maximum atomic E-state index is 12.5. The smallest absolute Gasteiger partial charge is 0.409 e. The number of nitrogens with zero attached hydrogens (tertiary/aromatic N) is 2. The minimum Gasteiger partial charge on any atom is -0.450 e. The zero-order valence-electron chi connectivity index (χ0n) is 12.7.